The molecule has 0 bridgehead atoms. The second kappa shape index (κ2) is 9.30. The molecule has 6 nitrogen and oxygen atoms in total. The van der Waals surface area contributed by atoms with Gasteiger partial charge in [0.05, 0.1) is 20.3 Å². The quantitative estimate of drug-likeness (QED) is 0.564. The van der Waals surface area contributed by atoms with Gasteiger partial charge < -0.3 is 20.1 Å². The molecule has 1 rings (SSSR count). The molecule has 0 radical (unpaired) electrons. The van der Waals surface area contributed by atoms with Crippen LogP contribution in [0, 0.1) is 0 Å². The van der Waals surface area contributed by atoms with E-state index in [4.69, 9.17) is 21.7 Å². The second-order valence-corrected chi connectivity index (χ2v) is 4.63. The summed E-state index contributed by atoms with van der Waals surface area (Å²) in [5.41, 5.74) is 0. The van der Waals surface area contributed by atoms with Crippen molar-refractivity contribution >= 4 is 23.3 Å². The van der Waals surface area contributed by atoms with Crippen molar-refractivity contribution in [1.82, 2.24) is 15.3 Å². The highest BCUT2D eigenvalue weighted by molar-refractivity contribution is 7.80. The Balaban J connectivity index is 2.44. The Kier molecular flexibility index (Phi) is 7.64. The molecule has 0 saturated heterocycles. The van der Waals surface area contributed by atoms with Gasteiger partial charge in [-0.15, -0.1) is 0 Å². The lowest BCUT2D eigenvalue weighted by atomic mass is 10.2. The van der Waals surface area contributed by atoms with Crippen molar-refractivity contribution in [2.75, 3.05) is 26.1 Å². The van der Waals surface area contributed by atoms with E-state index in [2.05, 4.69) is 27.5 Å². The zero-order chi connectivity index (χ0) is 14.8. The summed E-state index contributed by atoms with van der Waals surface area (Å²) in [6.45, 7) is 3.03. The summed E-state index contributed by atoms with van der Waals surface area (Å²) in [6, 6.07) is 1.60. The molecule has 0 fully saturated rings. The van der Waals surface area contributed by atoms with Gasteiger partial charge in [-0.25, -0.2) is 0 Å². The van der Waals surface area contributed by atoms with Crippen LogP contribution in [-0.2, 0) is 0 Å². The van der Waals surface area contributed by atoms with Crippen LogP contribution in [-0.4, -0.2) is 35.8 Å². The zero-order valence-electron chi connectivity index (χ0n) is 12.2. The van der Waals surface area contributed by atoms with Crippen LogP contribution < -0.4 is 20.1 Å². The van der Waals surface area contributed by atoms with Gasteiger partial charge in [-0.05, 0) is 18.6 Å². The van der Waals surface area contributed by atoms with Crippen molar-refractivity contribution in [2.24, 2.45) is 0 Å². The van der Waals surface area contributed by atoms with E-state index in [0.29, 0.717) is 22.8 Å². The van der Waals surface area contributed by atoms with Crippen LogP contribution >= 0.6 is 12.2 Å². The van der Waals surface area contributed by atoms with Gasteiger partial charge in [-0.1, -0.05) is 26.2 Å². The molecule has 0 spiro atoms. The molecule has 0 atom stereocenters. The fourth-order valence-corrected chi connectivity index (χ4v) is 1.76. The third-order valence-electron chi connectivity index (χ3n) is 2.64. The van der Waals surface area contributed by atoms with E-state index in [9.17, 15) is 0 Å². The van der Waals surface area contributed by atoms with E-state index in [1.54, 1.807) is 6.07 Å². The van der Waals surface area contributed by atoms with Crippen LogP contribution in [0.5, 0.6) is 11.8 Å². The maximum absolute atomic E-state index is 5.19. The number of hydrogen-bond donors (Lipinski definition) is 2. The fourth-order valence-electron chi connectivity index (χ4n) is 1.57. The van der Waals surface area contributed by atoms with Crippen LogP contribution in [0.3, 0.4) is 0 Å². The Hall–Kier alpha value is -1.63. The lowest BCUT2D eigenvalue weighted by molar-refractivity contribution is 0.373. The topological polar surface area (TPSA) is 68.3 Å². The minimum atomic E-state index is 0.354. The predicted octanol–water partition coefficient (Wildman–Crippen LogP) is 2.36. The summed E-state index contributed by atoms with van der Waals surface area (Å²) in [6.07, 6.45) is 4.77. The summed E-state index contributed by atoms with van der Waals surface area (Å²) in [4.78, 5) is 8.29. The molecule has 0 aliphatic heterocycles. The third kappa shape index (κ3) is 6.01. The van der Waals surface area contributed by atoms with Gasteiger partial charge in [0.1, 0.15) is 0 Å². The van der Waals surface area contributed by atoms with Gasteiger partial charge in [-0.2, -0.15) is 9.97 Å². The first-order valence-corrected chi connectivity index (χ1v) is 7.12. The monoisotopic (exact) mass is 298 g/mol. The molecule has 0 amide bonds. The van der Waals surface area contributed by atoms with E-state index in [-0.39, 0.29) is 0 Å². The number of anilines is 1. The fraction of sp³-hybridized carbons (Fsp3) is 0.615. The van der Waals surface area contributed by atoms with Crippen molar-refractivity contribution in [3.05, 3.63) is 6.07 Å². The lowest BCUT2D eigenvalue weighted by Crippen LogP contribution is -2.30. The normalized spacial score (nSPS) is 9.95. The number of aromatic nitrogens is 2. The molecule has 1 heterocycles. The van der Waals surface area contributed by atoms with Crippen molar-refractivity contribution in [3.8, 4) is 11.8 Å². The number of methoxy groups -OCH3 is 2. The highest BCUT2D eigenvalue weighted by Gasteiger charge is 2.06. The van der Waals surface area contributed by atoms with E-state index >= 15 is 0 Å². The Morgan fingerprint density at radius 3 is 2.35 bits per heavy atom. The Morgan fingerprint density at radius 1 is 1.15 bits per heavy atom. The Morgan fingerprint density at radius 2 is 1.80 bits per heavy atom. The number of nitrogens with zero attached hydrogens (tertiary/aromatic N) is 2. The molecule has 0 saturated carbocycles. The van der Waals surface area contributed by atoms with Crippen LogP contribution in [0.15, 0.2) is 6.07 Å². The summed E-state index contributed by atoms with van der Waals surface area (Å²) >= 11 is 5.19. The smallest absolute Gasteiger partial charge is 0.235 e. The average Bonchev–Trinajstić information content (AvgIpc) is 2.46. The molecular formula is C13H22N4O2S. The Labute approximate surface area is 125 Å². The average molecular weight is 298 g/mol. The molecule has 1 aromatic heterocycles. The van der Waals surface area contributed by atoms with Gasteiger partial charge in [-0.3, -0.25) is 0 Å². The van der Waals surface area contributed by atoms with Crippen LogP contribution in [0.1, 0.15) is 32.6 Å². The zero-order valence-corrected chi connectivity index (χ0v) is 13.0. The number of thiocarbonyl (C=S) groups is 1. The van der Waals surface area contributed by atoms with Crippen molar-refractivity contribution in [1.29, 1.82) is 0 Å². The second-order valence-electron chi connectivity index (χ2n) is 4.22. The molecule has 20 heavy (non-hydrogen) atoms. The molecule has 1 aromatic rings. The minimum Gasteiger partial charge on any atom is -0.481 e. The van der Waals surface area contributed by atoms with Gasteiger partial charge >= 0.3 is 0 Å². The third-order valence-corrected chi connectivity index (χ3v) is 2.89. The van der Waals surface area contributed by atoms with Crippen LogP contribution in [0.2, 0.25) is 0 Å². The predicted molar refractivity (Wildman–Crippen MR) is 83.5 cm³/mol. The number of unbranched alkanes of at least 4 members (excludes halogenated alkanes) is 3. The first-order chi connectivity index (χ1) is 9.69. The molecule has 0 aliphatic rings. The molecular weight excluding hydrogens is 276 g/mol. The van der Waals surface area contributed by atoms with Crippen molar-refractivity contribution < 1.29 is 9.47 Å². The van der Waals surface area contributed by atoms with Crippen molar-refractivity contribution in [2.45, 2.75) is 32.6 Å². The van der Waals surface area contributed by atoms with E-state index in [1.807, 2.05) is 0 Å². The largest absolute Gasteiger partial charge is 0.481 e. The molecule has 7 heteroatoms. The number of rotatable bonds is 8. The molecule has 112 valence electrons. The van der Waals surface area contributed by atoms with E-state index in [0.717, 1.165) is 13.0 Å². The van der Waals surface area contributed by atoms with E-state index in [1.165, 1.54) is 33.5 Å². The maximum Gasteiger partial charge on any atom is 0.235 e. The lowest BCUT2D eigenvalue weighted by Gasteiger charge is -2.10. The standard InChI is InChI=1S/C13H22N4O2S/c1-4-5-6-7-8-14-13(20)17-12-15-10(18-2)9-11(16-12)19-3/h9H,4-8H2,1-3H3,(H2,14,15,16,17,20). The van der Waals surface area contributed by atoms with Gasteiger partial charge in [0, 0.05) is 6.54 Å². The van der Waals surface area contributed by atoms with Crippen LogP contribution in [0.25, 0.3) is 0 Å². The summed E-state index contributed by atoms with van der Waals surface area (Å²) in [5.74, 6) is 1.20. The summed E-state index contributed by atoms with van der Waals surface area (Å²) < 4.78 is 10.1. The summed E-state index contributed by atoms with van der Waals surface area (Å²) in [7, 11) is 3.08. The number of ether oxygens (including phenoxy) is 2. The molecule has 0 aliphatic carbocycles. The number of hydrogen-bond acceptors (Lipinski definition) is 5. The van der Waals surface area contributed by atoms with Gasteiger partial charge in [0.15, 0.2) is 5.11 Å². The SMILES string of the molecule is CCCCCCNC(=S)Nc1nc(OC)cc(OC)n1. The molecule has 0 aromatic carbocycles. The Bertz CT molecular complexity index is 407. The minimum absolute atomic E-state index is 0.354. The van der Waals surface area contributed by atoms with Crippen LogP contribution in [0.4, 0.5) is 5.95 Å². The highest BCUT2D eigenvalue weighted by atomic mass is 32.1. The molecule has 0 unspecified atom stereocenters. The van der Waals surface area contributed by atoms with Gasteiger partial charge in [0.2, 0.25) is 17.7 Å². The highest BCUT2D eigenvalue weighted by Crippen LogP contribution is 2.17. The summed E-state index contributed by atoms with van der Waals surface area (Å²) in [5, 5.41) is 6.54. The van der Waals surface area contributed by atoms with Gasteiger partial charge in [0.25, 0.3) is 0 Å². The van der Waals surface area contributed by atoms with E-state index < -0.39 is 0 Å². The maximum atomic E-state index is 5.19. The number of nitrogens with one attached hydrogen (secondary N) is 2. The first kappa shape index (κ1) is 16.4. The van der Waals surface area contributed by atoms with Crippen molar-refractivity contribution in [3.63, 3.8) is 0 Å². The molecule has 2 N–H and O–H groups in total. The first-order valence-electron chi connectivity index (χ1n) is 6.71.